The lowest BCUT2D eigenvalue weighted by Crippen LogP contribution is -2.60. The average Bonchev–Trinajstić information content (AvgIpc) is 3.05. The molecule has 2 saturated heterocycles. The van der Waals surface area contributed by atoms with Gasteiger partial charge in [-0.1, -0.05) is 27.7 Å². The number of cyclic esters (lactones) is 1. The molecule has 3 heterocycles. The molecule has 0 aromatic carbocycles. The molecule has 0 aromatic rings. The summed E-state index contributed by atoms with van der Waals surface area (Å²) < 4.78 is 36.4. The van der Waals surface area contributed by atoms with Crippen LogP contribution in [0.5, 0.6) is 0 Å². The zero-order chi connectivity index (χ0) is 38.1. The summed E-state index contributed by atoms with van der Waals surface area (Å²) in [6.45, 7) is 14.4. The molecule has 0 aromatic heterocycles. The molecule has 12 unspecified atom stereocenters. The molecule has 0 aliphatic carbocycles. The highest BCUT2D eigenvalue weighted by atomic mass is 16.7. The van der Waals surface area contributed by atoms with Gasteiger partial charge in [-0.05, 0) is 67.6 Å². The molecule has 3 aliphatic rings. The largest absolute Gasteiger partial charge is 0.470 e. The van der Waals surface area contributed by atoms with Crippen molar-refractivity contribution in [1.29, 1.82) is 0 Å². The fraction of sp³-hybridized carbons (Fsp3) is 0.889. The number of ether oxygens (including phenoxy) is 6. The molecule has 3 rings (SSSR count). The van der Waals surface area contributed by atoms with Gasteiger partial charge >= 0.3 is 5.97 Å². The van der Waals surface area contributed by atoms with E-state index in [9.17, 15) is 35.1 Å². The number of esters is 1. The molecule has 290 valence electrons. The van der Waals surface area contributed by atoms with Gasteiger partial charge in [0.2, 0.25) is 6.29 Å². The molecule has 0 bridgehead atoms. The summed E-state index contributed by atoms with van der Waals surface area (Å²) in [6, 6.07) is -0.481. The number of likely N-dealkylation sites (N-methyl/N-ethyl adjacent to an activating group) is 1. The molecule has 0 amide bonds. The molecule has 14 nitrogen and oxygen atoms in total. The van der Waals surface area contributed by atoms with Gasteiger partial charge in [-0.25, -0.2) is 0 Å². The Labute approximate surface area is 297 Å². The minimum absolute atomic E-state index is 0.0869. The van der Waals surface area contributed by atoms with E-state index in [1.165, 1.54) is 34.1 Å². The maximum atomic E-state index is 14.0. The smallest absolute Gasteiger partial charge is 0.311 e. The normalized spacial score (nSPS) is 48.5. The summed E-state index contributed by atoms with van der Waals surface area (Å²) in [5.74, 6) is -5.03. The van der Waals surface area contributed by atoms with Crippen LogP contribution < -0.4 is 0 Å². The zero-order valence-corrected chi connectivity index (χ0v) is 31.8. The number of aliphatic hydroxyl groups excluding tert-OH is 3. The Hall–Kier alpha value is -1.72. The second kappa shape index (κ2) is 16.5. The Morgan fingerprint density at radius 3 is 2.12 bits per heavy atom. The molecule has 17 atom stereocenters. The molecule has 50 heavy (non-hydrogen) atoms. The maximum Gasteiger partial charge on any atom is 0.311 e. The molecule has 0 saturated carbocycles. The first kappa shape index (κ1) is 42.7. The van der Waals surface area contributed by atoms with Crippen molar-refractivity contribution in [2.24, 2.45) is 23.7 Å². The SMILES string of the molecule is CC[C@H]1OC(=O)C(C)[C@@H](OC2CC(C)(OC)C(O)C(C)O2)C(C)[C@@H](OC2OC=CC(N(C)C)C2O)[C@](C)(O)CC(C)C(=O)C(C)C(O)[C@]1(C)O. The van der Waals surface area contributed by atoms with Crippen LogP contribution in [-0.4, -0.2) is 142 Å². The number of carbonyl (C=O) groups is 2. The molecule has 5 N–H and O–H groups in total. The van der Waals surface area contributed by atoms with E-state index in [-0.39, 0.29) is 19.3 Å². The van der Waals surface area contributed by atoms with Gasteiger partial charge in [-0.2, -0.15) is 0 Å². The van der Waals surface area contributed by atoms with E-state index in [0.29, 0.717) is 0 Å². The summed E-state index contributed by atoms with van der Waals surface area (Å²) in [4.78, 5) is 29.6. The van der Waals surface area contributed by atoms with Crippen molar-refractivity contribution in [2.75, 3.05) is 21.2 Å². The van der Waals surface area contributed by atoms with Crippen LogP contribution in [0.25, 0.3) is 0 Å². The topological polar surface area (TPSA) is 194 Å². The molecule has 0 radical (unpaired) electrons. The number of nitrogens with zero attached hydrogens (tertiary/aromatic N) is 1. The van der Waals surface area contributed by atoms with Crippen molar-refractivity contribution >= 4 is 11.8 Å². The standard InChI is InChI=1S/C36H63NO13/c1-13-24-36(9,44)29(40)19(3)26(38)18(2)16-34(7,43)31(50-33-27(39)23(37(10)11)14-15-46-33)20(4)28(21(5)32(42)48-24)49-25-17-35(8,45-12)30(41)22(6)47-25/h14-15,18-25,27-31,33,39-41,43-44H,13,16-17H2,1-12H3/t18?,19?,20?,21?,22?,23?,24-,25?,27?,28+,29?,30?,31-,33?,34-,35?,36-/m1/s1. The lowest BCUT2D eigenvalue weighted by atomic mass is 9.74. The van der Waals surface area contributed by atoms with Crippen molar-refractivity contribution in [2.45, 2.75) is 160 Å². The second-order valence-corrected chi connectivity index (χ2v) is 15.7. The van der Waals surface area contributed by atoms with Gasteiger partial charge in [-0.3, -0.25) is 9.59 Å². The van der Waals surface area contributed by atoms with E-state index in [2.05, 4.69) is 0 Å². The second-order valence-electron chi connectivity index (χ2n) is 15.7. The molecule has 3 aliphatic heterocycles. The maximum absolute atomic E-state index is 14.0. The number of aliphatic hydroxyl groups is 5. The number of carbonyl (C=O) groups excluding carboxylic acids is 2. The van der Waals surface area contributed by atoms with Gasteiger partial charge < -0.3 is 58.9 Å². The lowest BCUT2D eigenvalue weighted by Gasteiger charge is -2.48. The van der Waals surface area contributed by atoms with Crippen LogP contribution in [0, 0.1) is 23.7 Å². The molecular weight excluding hydrogens is 654 g/mol. The summed E-state index contributed by atoms with van der Waals surface area (Å²) in [7, 11) is 5.05. The van der Waals surface area contributed by atoms with Crippen LogP contribution in [0.1, 0.15) is 81.6 Å². The molecule has 14 heteroatoms. The highest BCUT2D eigenvalue weighted by Crippen LogP contribution is 2.40. The summed E-state index contributed by atoms with van der Waals surface area (Å²) in [5.41, 5.74) is -4.86. The Morgan fingerprint density at radius 2 is 1.56 bits per heavy atom. The van der Waals surface area contributed by atoms with Crippen molar-refractivity contribution < 1.29 is 63.5 Å². The van der Waals surface area contributed by atoms with Crippen LogP contribution >= 0.6 is 0 Å². The van der Waals surface area contributed by atoms with Crippen molar-refractivity contribution in [3.05, 3.63) is 12.3 Å². The van der Waals surface area contributed by atoms with E-state index in [4.69, 9.17) is 28.4 Å². The third kappa shape index (κ3) is 8.90. The molecular formula is C36H63NO13. The van der Waals surface area contributed by atoms with Gasteiger partial charge in [0.25, 0.3) is 0 Å². The first-order valence-electron chi connectivity index (χ1n) is 17.8. The minimum Gasteiger partial charge on any atom is -0.470 e. The third-order valence-corrected chi connectivity index (χ3v) is 11.3. The van der Waals surface area contributed by atoms with E-state index >= 15 is 0 Å². The predicted molar refractivity (Wildman–Crippen MR) is 181 cm³/mol. The number of hydrogen-bond donors (Lipinski definition) is 5. The van der Waals surface area contributed by atoms with E-state index in [1.54, 1.807) is 66.6 Å². The summed E-state index contributed by atoms with van der Waals surface area (Å²) in [5, 5.41) is 57.3. The Morgan fingerprint density at radius 1 is 0.940 bits per heavy atom. The quantitative estimate of drug-likeness (QED) is 0.238. The average molecular weight is 718 g/mol. The summed E-state index contributed by atoms with van der Waals surface area (Å²) in [6.07, 6.45) is -7.06. The Balaban J connectivity index is 2.17. The van der Waals surface area contributed by atoms with Gasteiger partial charge in [0.15, 0.2) is 6.29 Å². The predicted octanol–water partition coefficient (Wildman–Crippen LogP) is 1.52. The van der Waals surface area contributed by atoms with Crippen molar-refractivity contribution in [3.8, 4) is 0 Å². The number of ketones is 1. The first-order valence-corrected chi connectivity index (χ1v) is 17.8. The van der Waals surface area contributed by atoms with Crippen LogP contribution in [-0.2, 0) is 38.0 Å². The fourth-order valence-electron chi connectivity index (χ4n) is 7.90. The Kier molecular flexibility index (Phi) is 14.1. The molecule has 0 spiro atoms. The van der Waals surface area contributed by atoms with Crippen molar-refractivity contribution in [1.82, 2.24) is 4.90 Å². The number of Topliss-reactive ketones (excluding diaryl/α,β-unsaturated/α-hetero) is 1. The summed E-state index contributed by atoms with van der Waals surface area (Å²) >= 11 is 0. The van der Waals surface area contributed by atoms with Crippen molar-refractivity contribution in [3.63, 3.8) is 0 Å². The van der Waals surface area contributed by atoms with Crippen LogP contribution in [0.4, 0.5) is 0 Å². The van der Waals surface area contributed by atoms with Crippen LogP contribution in [0.3, 0.4) is 0 Å². The van der Waals surface area contributed by atoms with Gasteiger partial charge in [0.1, 0.15) is 29.7 Å². The third-order valence-electron chi connectivity index (χ3n) is 11.3. The van der Waals surface area contributed by atoms with E-state index in [0.717, 1.165) is 0 Å². The minimum atomic E-state index is -2.00. The first-order chi connectivity index (χ1) is 23.0. The van der Waals surface area contributed by atoms with Crippen LogP contribution in [0.15, 0.2) is 12.3 Å². The Bertz CT molecular complexity index is 1180. The monoisotopic (exact) mass is 717 g/mol. The van der Waals surface area contributed by atoms with Gasteiger partial charge in [0, 0.05) is 31.3 Å². The lowest BCUT2D eigenvalue weighted by molar-refractivity contribution is -0.307. The van der Waals surface area contributed by atoms with Gasteiger partial charge in [0.05, 0.1) is 53.8 Å². The van der Waals surface area contributed by atoms with Gasteiger partial charge in [-0.15, -0.1) is 0 Å². The van der Waals surface area contributed by atoms with E-state index in [1.807, 2.05) is 0 Å². The van der Waals surface area contributed by atoms with Crippen LogP contribution in [0.2, 0.25) is 0 Å². The number of rotatable bonds is 7. The molecule has 2 fully saturated rings. The zero-order valence-electron chi connectivity index (χ0n) is 31.8. The number of hydrogen-bond acceptors (Lipinski definition) is 14. The van der Waals surface area contributed by atoms with E-state index < -0.39 is 114 Å². The number of methoxy groups -OCH3 is 1. The fourth-order valence-corrected chi connectivity index (χ4v) is 7.90. The highest BCUT2D eigenvalue weighted by Gasteiger charge is 2.53. The highest BCUT2D eigenvalue weighted by molar-refractivity contribution is 5.83.